The predicted octanol–water partition coefficient (Wildman–Crippen LogP) is 3.26. The third-order valence-corrected chi connectivity index (χ3v) is 4.45. The van der Waals surface area contributed by atoms with Crippen LogP contribution in [-0.4, -0.2) is 31.6 Å². The van der Waals surface area contributed by atoms with Gasteiger partial charge in [0.25, 0.3) is 0 Å². The minimum absolute atomic E-state index is 0.251. The van der Waals surface area contributed by atoms with Gasteiger partial charge < -0.3 is 14.2 Å². The molecule has 0 N–H and O–H groups in total. The average molecular weight is 290 g/mol. The third kappa shape index (κ3) is 3.11. The summed E-state index contributed by atoms with van der Waals surface area (Å²) in [5.74, 6) is -0.0273. The fraction of sp³-hybridized carbons (Fsp3) is 0.588. The van der Waals surface area contributed by atoms with Gasteiger partial charge in [-0.1, -0.05) is 12.1 Å². The number of ether oxygens (including phenoxy) is 3. The second-order valence-corrected chi connectivity index (χ2v) is 5.72. The van der Waals surface area contributed by atoms with Gasteiger partial charge in [-0.15, -0.1) is 0 Å². The van der Waals surface area contributed by atoms with Crippen LogP contribution in [0.25, 0.3) is 0 Å². The molecule has 0 bridgehead atoms. The van der Waals surface area contributed by atoms with Crippen LogP contribution in [0.4, 0.5) is 0 Å². The Hall–Kier alpha value is -1.39. The van der Waals surface area contributed by atoms with Gasteiger partial charge in [0.2, 0.25) is 0 Å². The van der Waals surface area contributed by atoms with E-state index in [4.69, 9.17) is 14.2 Å². The summed E-state index contributed by atoms with van der Waals surface area (Å²) < 4.78 is 16.5. The second kappa shape index (κ2) is 6.16. The number of hydrogen-bond donors (Lipinski definition) is 0. The van der Waals surface area contributed by atoms with Crippen molar-refractivity contribution in [3.8, 4) is 0 Å². The Bertz CT molecular complexity index is 478. The van der Waals surface area contributed by atoms with Crippen molar-refractivity contribution < 1.29 is 19.0 Å². The Morgan fingerprint density at radius 1 is 1.19 bits per heavy atom. The lowest BCUT2D eigenvalue weighted by Crippen LogP contribution is -2.34. The summed E-state index contributed by atoms with van der Waals surface area (Å²) in [6, 6.07) is 7.82. The van der Waals surface area contributed by atoms with Crippen molar-refractivity contribution in [1.82, 2.24) is 0 Å². The second-order valence-electron chi connectivity index (χ2n) is 5.72. The van der Waals surface area contributed by atoms with Crippen LogP contribution in [0.5, 0.6) is 0 Å². The number of hydrogen-bond acceptors (Lipinski definition) is 4. The molecule has 1 saturated heterocycles. The third-order valence-electron chi connectivity index (χ3n) is 4.45. The molecule has 1 spiro atoms. The molecule has 21 heavy (non-hydrogen) atoms. The summed E-state index contributed by atoms with van der Waals surface area (Å²) in [6.07, 6.45) is 4.05. The smallest absolute Gasteiger partial charge is 0.338 e. The number of esters is 1. The van der Waals surface area contributed by atoms with Crippen LogP contribution < -0.4 is 0 Å². The molecular weight excluding hydrogens is 268 g/mol. The standard InChI is InChI=1S/C17H22O4/c1-2-19-16(18)15-5-3-13(4-6-15)14-7-9-17(10-8-14)20-11-12-21-17/h3-6,14H,2,7-12H2,1H3. The number of carbonyl (C=O) groups excluding carboxylic acids is 1. The van der Waals surface area contributed by atoms with Crippen LogP contribution in [-0.2, 0) is 14.2 Å². The van der Waals surface area contributed by atoms with Crippen LogP contribution in [0.1, 0.15) is 54.4 Å². The van der Waals surface area contributed by atoms with Gasteiger partial charge in [-0.25, -0.2) is 4.79 Å². The first-order chi connectivity index (χ1) is 10.2. The summed E-state index contributed by atoms with van der Waals surface area (Å²) in [4.78, 5) is 11.6. The van der Waals surface area contributed by atoms with E-state index in [2.05, 4.69) is 0 Å². The first-order valence-corrected chi connectivity index (χ1v) is 7.77. The van der Waals surface area contributed by atoms with Gasteiger partial charge >= 0.3 is 5.97 Å². The highest BCUT2D eigenvalue weighted by Gasteiger charge is 2.40. The van der Waals surface area contributed by atoms with Gasteiger partial charge in [0, 0.05) is 12.8 Å². The number of benzene rings is 1. The zero-order chi connectivity index (χ0) is 14.7. The van der Waals surface area contributed by atoms with E-state index in [0.29, 0.717) is 18.1 Å². The molecule has 0 radical (unpaired) electrons. The van der Waals surface area contributed by atoms with Crippen molar-refractivity contribution in [1.29, 1.82) is 0 Å². The molecule has 3 rings (SSSR count). The van der Waals surface area contributed by atoms with Crippen molar-refractivity contribution >= 4 is 5.97 Å². The van der Waals surface area contributed by atoms with Crippen molar-refractivity contribution in [3.63, 3.8) is 0 Å². The summed E-state index contributed by atoms with van der Waals surface area (Å²) in [7, 11) is 0. The highest BCUT2D eigenvalue weighted by atomic mass is 16.7. The van der Waals surface area contributed by atoms with E-state index >= 15 is 0 Å². The molecule has 0 unspecified atom stereocenters. The van der Waals surface area contributed by atoms with E-state index in [1.165, 1.54) is 5.56 Å². The number of rotatable bonds is 3. The zero-order valence-corrected chi connectivity index (χ0v) is 12.5. The first kappa shape index (κ1) is 14.5. The summed E-state index contributed by atoms with van der Waals surface area (Å²) in [5, 5.41) is 0. The van der Waals surface area contributed by atoms with E-state index in [1.807, 2.05) is 31.2 Å². The van der Waals surface area contributed by atoms with Crippen LogP contribution in [0.3, 0.4) is 0 Å². The average Bonchev–Trinajstić information content (AvgIpc) is 2.97. The Labute approximate surface area is 125 Å². The molecular formula is C17H22O4. The Balaban J connectivity index is 1.61. The van der Waals surface area contributed by atoms with E-state index < -0.39 is 0 Å². The van der Waals surface area contributed by atoms with Crippen LogP contribution in [0, 0.1) is 0 Å². The Morgan fingerprint density at radius 2 is 1.81 bits per heavy atom. The quantitative estimate of drug-likeness (QED) is 0.802. The van der Waals surface area contributed by atoms with Crippen LogP contribution in [0.15, 0.2) is 24.3 Å². The minimum atomic E-state index is -0.304. The van der Waals surface area contributed by atoms with Crippen molar-refractivity contribution in [3.05, 3.63) is 35.4 Å². The molecule has 2 aliphatic rings. The molecule has 0 aromatic heterocycles. The summed E-state index contributed by atoms with van der Waals surface area (Å²) in [5.41, 5.74) is 1.91. The predicted molar refractivity (Wildman–Crippen MR) is 78.2 cm³/mol. The van der Waals surface area contributed by atoms with E-state index in [1.54, 1.807) is 0 Å². The highest BCUT2D eigenvalue weighted by molar-refractivity contribution is 5.89. The van der Waals surface area contributed by atoms with Gasteiger partial charge in [-0.3, -0.25) is 0 Å². The fourth-order valence-electron chi connectivity index (χ4n) is 3.28. The molecule has 0 amide bonds. The molecule has 1 aromatic carbocycles. The molecule has 1 aliphatic carbocycles. The maximum Gasteiger partial charge on any atom is 0.338 e. The van der Waals surface area contributed by atoms with Crippen molar-refractivity contribution in [2.24, 2.45) is 0 Å². The maximum atomic E-state index is 11.6. The Morgan fingerprint density at radius 3 is 2.38 bits per heavy atom. The van der Waals surface area contributed by atoms with Gasteiger partial charge in [0.15, 0.2) is 5.79 Å². The molecule has 1 aliphatic heterocycles. The first-order valence-electron chi connectivity index (χ1n) is 7.77. The van der Waals surface area contributed by atoms with Gasteiger partial charge in [0.1, 0.15) is 0 Å². The van der Waals surface area contributed by atoms with E-state index in [0.717, 1.165) is 38.9 Å². The van der Waals surface area contributed by atoms with E-state index in [-0.39, 0.29) is 11.8 Å². The van der Waals surface area contributed by atoms with Crippen molar-refractivity contribution in [2.45, 2.75) is 44.3 Å². The molecule has 1 heterocycles. The van der Waals surface area contributed by atoms with Gasteiger partial charge in [-0.05, 0) is 43.4 Å². The lowest BCUT2D eigenvalue weighted by molar-refractivity contribution is -0.178. The van der Waals surface area contributed by atoms with Crippen molar-refractivity contribution in [2.75, 3.05) is 19.8 Å². The van der Waals surface area contributed by atoms with Gasteiger partial charge in [0.05, 0.1) is 25.4 Å². The lowest BCUT2D eigenvalue weighted by atomic mass is 9.81. The molecule has 114 valence electrons. The van der Waals surface area contributed by atoms with Gasteiger partial charge in [-0.2, -0.15) is 0 Å². The maximum absolute atomic E-state index is 11.6. The monoisotopic (exact) mass is 290 g/mol. The molecule has 2 fully saturated rings. The Kier molecular flexibility index (Phi) is 4.27. The fourth-order valence-corrected chi connectivity index (χ4v) is 3.28. The van der Waals surface area contributed by atoms with Crippen LogP contribution >= 0.6 is 0 Å². The van der Waals surface area contributed by atoms with E-state index in [9.17, 15) is 4.79 Å². The normalized spacial score (nSPS) is 21.6. The SMILES string of the molecule is CCOC(=O)c1ccc(C2CCC3(CC2)OCCO3)cc1. The molecule has 1 aromatic rings. The zero-order valence-electron chi connectivity index (χ0n) is 12.5. The van der Waals surface area contributed by atoms with Crippen LogP contribution in [0.2, 0.25) is 0 Å². The largest absolute Gasteiger partial charge is 0.462 e. The molecule has 4 nitrogen and oxygen atoms in total. The highest BCUT2D eigenvalue weighted by Crippen LogP contribution is 2.42. The molecule has 4 heteroatoms. The molecule has 1 saturated carbocycles. The topological polar surface area (TPSA) is 44.8 Å². The lowest BCUT2D eigenvalue weighted by Gasteiger charge is -2.35. The number of carbonyl (C=O) groups is 1. The molecule has 0 atom stereocenters. The summed E-state index contributed by atoms with van der Waals surface area (Å²) in [6.45, 7) is 3.67. The minimum Gasteiger partial charge on any atom is -0.462 e. The summed E-state index contributed by atoms with van der Waals surface area (Å²) >= 11 is 0.